The Balaban J connectivity index is 2.31. The van der Waals surface area contributed by atoms with Gasteiger partial charge in [0.15, 0.2) is 10.9 Å². The van der Waals surface area contributed by atoms with E-state index in [2.05, 4.69) is 20.3 Å². The third-order valence-corrected chi connectivity index (χ3v) is 2.84. The standard InChI is InChI=1S/C9H9N5S2/c1-5-4-16-9(13-5)14-8-6(7(10)15)11-2-3-12-8/h2-4H,1H3,(H2,10,15)(H,12,13,14). The molecule has 0 amide bonds. The summed E-state index contributed by atoms with van der Waals surface area (Å²) in [7, 11) is 0. The monoisotopic (exact) mass is 251 g/mol. The fraction of sp³-hybridized carbons (Fsp3) is 0.111. The van der Waals surface area contributed by atoms with Crippen molar-refractivity contribution in [3.05, 3.63) is 29.2 Å². The molecule has 82 valence electrons. The van der Waals surface area contributed by atoms with Crippen LogP contribution in [0.25, 0.3) is 0 Å². The van der Waals surface area contributed by atoms with Gasteiger partial charge in [0.05, 0.1) is 5.69 Å². The van der Waals surface area contributed by atoms with Crippen LogP contribution >= 0.6 is 23.6 Å². The predicted octanol–water partition coefficient (Wildman–Crippen LogP) is 1.62. The van der Waals surface area contributed by atoms with Gasteiger partial charge >= 0.3 is 0 Å². The van der Waals surface area contributed by atoms with Crippen LogP contribution in [-0.2, 0) is 0 Å². The highest BCUT2D eigenvalue weighted by atomic mass is 32.1. The Labute approximate surface area is 102 Å². The summed E-state index contributed by atoms with van der Waals surface area (Å²) in [6.07, 6.45) is 3.12. The van der Waals surface area contributed by atoms with E-state index in [-0.39, 0.29) is 4.99 Å². The number of aromatic nitrogens is 3. The lowest BCUT2D eigenvalue weighted by Crippen LogP contribution is -2.14. The zero-order chi connectivity index (χ0) is 11.5. The Hall–Kier alpha value is -1.60. The Morgan fingerprint density at radius 2 is 2.19 bits per heavy atom. The zero-order valence-corrected chi connectivity index (χ0v) is 10.1. The SMILES string of the molecule is Cc1csc(Nc2nccnc2C(N)=S)n1. The largest absolute Gasteiger partial charge is 0.388 e. The zero-order valence-electron chi connectivity index (χ0n) is 8.47. The van der Waals surface area contributed by atoms with Crippen molar-refractivity contribution < 1.29 is 0 Å². The van der Waals surface area contributed by atoms with Gasteiger partial charge in [-0.1, -0.05) is 12.2 Å². The Morgan fingerprint density at radius 3 is 2.81 bits per heavy atom. The normalized spacial score (nSPS) is 10.1. The van der Waals surface area contributed by atoms with Crippen LogP contribution in [0.5, 0.6) is 0 Å². The Bertz CT molecular complexity index is 522. The second kappa shape index (κ2) is 4.50. The summed E-state index contributed by atoms with van der Waals surface area (Å²) < 4.78 is 0. The van der Waals surface area contributed by atoms with Crippen molar-refractivity contribution in [2.24, 2.45) is 5.73 Å². The first-order valence-electron chi connectivity index (χ1n) is 4.47. The predicted molar refractivity (Wildman–Crippen MR) is 68.1 cm³/mol. The number of thiazole rings is 1. The van der Waals surface area contributed by atoms with Gasteiger partial charge in [-0.15, -0.1) is 11.3 Å². The molecule has 0 spiro atoms. The summed E-state index contributed by atoms with van der Waals surface area (Å²) in [6.45, 7) is 1.92. The lowest BCUT2D eigenvalue weighted by molar-refractivity contribution is 1.17. The molecule has 2 heterocycles. The molecular formula is C9H9N5S2. The van der Waals surface area contributed by atoms with Crippen LogP contribution < -0.4 is 11.1 Å². The lowest BCUT2D eigenvalue weighted by atomic mass is 10.4. The van der Waals surface area contributed by atoms with Crippen molar-refractivity contribution in [1.82, 2.24) is 15.0 Å². The minimum absolute atomic E-state index is 0.212. The van der Waals surface area contributed by atoms with Gasteiger partial charge in [-0.05, 0) is 6.92 Å². The number of nitrogens with one attached hydrogen (secondary N) is 1. The van der Waals surface area contributed by atoms with Gasteiger partial charge in [0, 0.05) is 17.8 Å². The van der Waals surface area contributed by atoms with Crippen LogP contribution in [0, 0.1) is 6.92 Å². The van der Waals surface area contributed by atoms with Crippen molar-refractivity contribution in [2.45, 2.75) is 6.92 Å². The number of aryl methyl sites for hydroxylation is 1. The van der Waals surface area contributed by atoms with Gasteiger partial charge in [0.2, 0.25) is 0 Å². The fourth-order valence-corrected chi connectivity index (χ4v) is 1.96. The molecule has 16 heavy (non-hydrogen) atoms. The molecule has 7 heteroatoms. The molecule has 5 nitrogen and oxygen atoms in total. The van der Waals surface area contributed by atoms with Crippen molar-refractivity contribution in [3.63, 3.8) is 0 Å². The van der Waals surface area contributed by atoms with Crippen molar-refractivity contribution in [1.29, 1.82) is 0 Å². The number of hydrogen-bond acceptors (Lipinski definition) is 6. The highest BCUT2D eigenvalue weighted by molar-refractivity contribution is 7.80. The van der Waals surface area contributed by atoms with Crippen molar-refractivity contribution in [2.75, 3.05) is 5.32 Å². The van der Waals surface area contributed by atoms with E-state index in [9.17, 15) is 0 Å². The third kappa shape index (κ3) is 2.31. The number of rotatable bonds is 3. The van der Waals surface area contributed by atoms with Crippen LogP contribution in [0.2, 0.25) is 0 Å². The van der Waals surface area contributed by atoms with E-state index in [1.54, 1.807) is 12.4 Å². The van der Waals surface area contributed by atoms with Crippen LogP contribution in [0.15, 0.2) is 17.8 Å². The number of hydrogen-bond donors (Lipinski definition) is 2. The molecule has 2 rings (SSSR count). The second-order valence-electron chi connectivity index (χ2n) is 3.04. The molecule has 0 aliphatic rings. The molecule has 3 N–H and O–H groups in total. The summed E-state index contributed by atoms with van der Waals surface area (Å²) in [5, 5.41) is 5.73. The highest BCUT2D eigenvalue weighted by Gasteiger charge is 2.09. The summed E-state index contributed by atoms with van der Waals surface area (Å²) in [6, 6.07) is 0. The average molecular weight is 251 g/mol. The molecular weight excluding hydrogens is 242 g/mol. The number of anilines is 2. The first-order chi connectivity index (χ1) is 7.66. The smallest absolute Gasteiger partial charge is 0.188 e. The van der Waals surface area contributed by atoms with Crippen LogP contribution in [-0.4, -0.2) is 19.9 Å². The first-order valence-corrected chi connectivity index (χ1v) is 5.75. The number of nitrogens with two attached hydrogens (primary N) is 1. The summed E-state index contributed by atoms with van der Waals surface area (Å²) in [5.41, 5.74) is 6.97. The molecule has 0 aliphatic carbocycles. The number of thiocarbonyl (C=S) groups is 1. The summed E-state index contributed by atoms with van der Waals surface area (Å²) in [4.78, 5) is 12.7. The van der Waals surface area contributed by atoms with Gasteiger partial charge in [0.25, 0.3) is 0 Å². The van der Waals surface area contributed by atoms with E-state index in [0.717, 1.165) is 10.8 Å². The molecule has 0 saturated heterocycles. The average Bonchev–Trinajstić information content (AvgIpc) is 2.64. The lowest BCUT2D eigenvalue weighted by Gasteiger charge is -2.05. The third-order valence-electron chi connectivity index (χ3n) is 1.78. The minimum Gasteiger partial charge on any atom is -0.388 e. The summed E-state index contributed by atoms with van der Waals surface area (Å²) in [5.74, 6) is 0.532. The van der Waals surface area contributed by atoms with E-state index in [1.807, 2.05) is 12.3 Å². The molecule has 0 radical (unpaired) electrons. The molecule has 0 bridgehead atoms. The fourth-order valence-electron chi connectivity index (χ4n) is 1.12. The van der Waals surface area contributed by atoms with Crippen molar-refractivity contribution >= 4 is 39.5 Å². The maximum absolute atomic E-state index is 5.55. The Kier molecular flexibility index (Phi) is 3.07. The van der Waals surface area contributed by atoms with Crippen molar-refractivity contribution in [3.8, 4) is 0 Å². The minimum atomic E-state index is 0.212. The quantitative estimate of drug-likeness (QED) is 0.807. The van der Waals surface area contributed by atoms with E-state index >= 15 is 0 Å². The van der Waals surface area contributed by atoms with E-state index in [0.29, 0.717) is 11.5 Å². The van der Waals surface area contributed by atoms with Gasteiger partial charge in [-0.25, -0.2) is 15.0 Å². The topological polar surface area (TPSA) is 76.7 Å². The first kappa shape index (κ1) is 10.9. The van der Waals surface area contributed by atoms with E-state index in [4.69, 9.17) is 18.0 Å². The van der Waals surface area contributed by atoms with Crippen LogP contribution in [0.1, 0.15) is 11.4 Å². The Morgan fingerprint density at radius 1 is 1.44 bits per heavy atom. The maximum atomic E-state index is 5.55. The van der Waals surface area contributed by atoms with Gasteiger partial charge in [-0.2, -0.15) is 0 Å². The molecule has 0 unspecified atom stereocenters. The molecule has 2 aromatic heterocycles. The second-order valence-corrected chi connectivity index (χ2v) is 4.33. The number of nitrogens with zero attached hydrogens (tertiary/aromatic N) is 3. The van der Waals surface area contributed by atoms with Crippen LogP contribution in [0.3, 0.4) is 0 Å². The van der Waals surface area contributed by atoms with Crippen LogP contribution in [0.4, 0.5) is 10.9 Å². The van der Waals surface area contributed by atoms with Gasteiger partial charge in [-0.3, -0.25) is 0 Å². The molecule has 0 aliphatic heterocycles. The molecule has 2 aromatic rings. The summed E-state index contributed by atoms with van der Waals surface area (Å²) >= 11 is 6.38. The highest BCUT2D eigenvalue weighted by Crippen LogP contribution is 2.20. The molecule has 0 atom stereocenters. The van der Waals surface area contributed by atoms with Gasteiger partial charge in [0.1, 0.15) is 10.7 Å². The molecule has 0 saturated carbocycles. The van der Waals surface area contributed by atoms with E-state index in [1.165, 1.54) is 11.3 Å². The van der Waals surface area contributed by atoms with E-state index < -0.39 is 0 Å². The molecule has 0 fully saturated rings. The van der Waals surface area contributed by atoms with Gasteiger partial charge < -0.3 is 11.1 Å². The molecule has 0 aromatic carbocycles. The maximum Gasteiger partial charge on any atom is 0.188 e.